The maximum Gasteiger partial charge on any atom is 0.239 e. The highest BCUT2D eigenvalue weighted by molar-refractivity contribution is 5.82. The van der Waals surface area contributed by atoms with Crippen LogP contribution in [0.3, 0.4) is 0 Å². The Bertz CT molecular complexity index is 296. The number of piperidine rings is 1. The van der Waals surface area contributed by atoms with Gasteiger partial charge in [0.25, 0.3) is 0 Å². The standard InChI is InChI=1S/C15H28N2O2/c1-2-8-16-14-7-4-9-17(15(14)19)11-12-5-3-6-13(18)10-12/h12-14,16,18H,2-11H2,1H3. The zero-order valence-electron chi connectivity index (χ0n) is 12.1. The molecule has 0 bridgehead atoms. The lowest BCUT2D eigenvalue weighted by atomic mass is 9.86. The van der Waals surface area contributed by atoms with E-state index in [1.54, 1.807) is 0 Å². The largest absolute Gasteiger partial charge is 0.393 e. The third-order valence-electron chi connectivity index (χ3n) is 4.41. The topological polar surface area (TPSA) is 52.6 Å². The molecule has 3 unspecified atom stereocenters. The van der Waals surface area contributed by atoms with Gasteiger partial charge in [-0.1, -0.05) is 13.3 Å². The van der Waals surface area contributed by atoms with Gasteiger partial charge in [0.05, 0.1) is 12.1 Å². The van der Waals surface area contributed by atoms with Crippen LogP contribution in [0.1, 0.15) is 51.9 Å². The van der Waals surface area contributed by atoms with Gasteiger partial charge in [0.1, 0.15) is 0 Å². The molecule has 2 rings (SSSR count). The van der Waals surface area contributed by atoms with Crippen LogP contribution in [0.5, 0.6) is 0 Å². The first-order valence-corrected chi connectivity index (χ1v) is 7.91. The third kappa shape index (κ3) is 4.18. The smallest absolute Gasteiger partial charge is 0.239 e. The minimum Gasteiger partial charge on any atom is -0.393 e. The van der Waals surface area contributed by atoms with E-state index in [4.69, 9.17) is 0 Å². The number of aliphatic hydroxyl groups excluding tert-OH is 1. The van der Waals surface area contributed by atoms with Crippen molar-refractivity contribution in [2.75, 3.05) is 19.6 Å². The number of likely N-dealkylation sites (tertiary alicyclic amines) is 1. The molecule has 0 radical (unpaired) electrons. The van der Waals surface area contributed by atoms with Crippen LogP contribution in [0, 0.1) is 5.92 Å². The number of aliphatic hydroxyl groups is 1. The lowest BCUT2D eigenvalue weighted by Crippen LogP contribution is -2.52. The van der Waals surface area contributed by atoms with Crippen molar-refractivity contribution < 1.29 is 9.90 Å². The number of amides is 1. The van der Waals surface area contributed by atoms with Gasteiger partial charge in [-0.2, -0.15) is 0 Å². The Labute approximate surface area is 116 Å². The van der Waals surface area contributed by atoms with E-state index in [0.29, 0.717) is 5.92 Å². The zero-order valence-corrected chi connectivity index (χ0v) is 12.1. The van der Waals surface area contributed by atoms with E-state index in [0.717, 1.165) is 64.6 Å². The summed E-state index contributed by atoms with van der Waals surface area (Å²) < 4.78 is 0. The van der Waals surface area contributed by atoms with E-state index in [1.165, 1.54) is 0 Å². The highest BCUT2D eigenvalue weighted by atomic mass is 16.3. The molecule has 4 nitrogen and oxygen atoms in total. The maximum atomic E-state index is 12.4. The van der Waals surface area contributed by atoms with Crippen LogP contribution in [0.15, 0.2) is 0 Å². The second-order valence-corrected chi connectivity index (χ2v) is 6.12. The van der Waals surface area contributed by atoms with Crippen LogP contribution in [-0.4, -0.2) is 47.7 Å². The van der Waals surface area contributed by atoms with Crippen molar-refractivity contribution in [3.05, 3.63) is 0 Å². The lowest BCUT2D eigenvalue weighted by molar-refractivity contribution is -0.137. The highest BCUT2D eigenvalue weighted by Crippen LogP contribution is 2.26. The van der Waals surface area contributed by atoms with Crippen LogP contribution in [-0.2, 0) is 4.79 Å². The molecular formula is C15H28N2O2. The number of carbonyl (C=O) groups excluding carboxylic acids is 1. The highest BCUT2D eigenvalue weighted by Gasteiger charge is 2.30. The predicted octanol–water partition coefficient (Wildman–Crippen LogP) is 1.53. The summed E-state index contributed by atoms with van der Waals surface area (Å²) in [5.74, 6) is 0.775. The second-order valence-electron chi connectivity index (χ2n) is 6.12. The monoisotopic (exact) mass is 268 g/mol. The van der Waals surface area contributed by atoms with Gasteiger partial charge in [0.2, 0.25) is 5.91 Å². The summed E-state index contributed by atoms with van der Waals surface area (Å²) in [5, 5.41) is 13.1. The summed E-state index contributed by atoms with van der Waals surface area (Å²) in [6.45, 7) is 4.80. The van der Waals surface area contributed by atoms with Gasteiger partial charge < -0.3 is 15.3 Å². The molecule has 1 saturated carbocycles. The number of carbonyl (C=O) groups is 1. The fraction of sp³-hybridized carbons (Fsp3) is 0.933. The van der Waals surface area contributed by atoms with Gasteiger partial charge >= 0.3 is 0 Å². The molecule has 0 aromatic carbocycles. The van der Waals surface area contributed by atoms with Crippen molar-refractivity contribution in [1.29, 1.82) is 0 Å². The Kier molecular flexibility index (Phi) is 5.64. The molecule has 1 aliphatic carbocycles. The molecule has 1 amide bonds. The van der Waals surface area contributed by atoms with E-state index in [2.05, 4.69) is 12.2 Å². The average molecular weight is 268 g/mol. The van der Waals surface area contributed by atoms with E-state index < -0.39 is 0 Å². The summed E-state index contributed by atoms with van der Waals surface area (Å²) in [4.78, 5) is 14.4. The van der Waals surface area contributed by atoms with Crippen molar-refractivity contribution in [2.24, 2.45) is 5.92 Å². The van der Waals surface area contributed by atoms with Gasteiger partial charge in [-0.15, -0.1) is 0 Å². The Hall–Kier alpha value is -0.610. The molecule has 0 spiro atoms. The fourth-order valence-corrected chi connectivity index (χ4v) is 3.37. The van der Waals surface area contributed by atoms with Crippen molar-refractivity contribution in [1.82, 2.24) is 10.2 Å². The zero-order chi connectivity index (χ0) is 13.7. The van der Waals surface area contributed by atoms with Gasteiger partial charge in [-0.05, 0) is 51.0 Å². The number of nitrogens with zero attached hydrogens (tertiary/aromatic N) is 1. The van der Waals surface area contributed by atoms with Crippen LogP contribution in [0.2, 0.25) is 0 Å². The van der Waals surface area contributed by atoms with E-state index >= 15 is 0 Å². The summed E-state index contributed by atoms with van der Waals surface area (Å²) in [7, 11) is 0. The van der Waals surface area contributed by atoms with Crippen molar-refractivity contribution in [2.45, 2.75) is 64.0 Å². The molecule has 1 saturated heterocycles. The van der Waals surface area contributed by atoms with Crippen molar-refractivity contribution >= 4 is 5.91 Å². The minimum absolute atomic E-state index is 0.0298. The fourth-order valence-electron chi connectivity index (χ4n) is 3.37. The molecule has 1 heterocycles. The summed E-state index contributed by atoms with van der Waals surface area (Å²) in [5.41, 5.74) is 0. The summed E-state index contributed by atoms with van der Waals surface area (Å²) in [6.07, 6.45) is 7.07. The van der Waals surface area contributed by atoms with Crippen LogP contribution < -0.4 is 5.32 Å². The molecule has 1 aliphatic heterocycles. The van der Waals surface area contributed by atoms with E-state index in [9.17, 15) is 9.90 Å². The van der Waals surface area contributed by atoms with Gasteiger partial charge in [-0.25, -0.2) is 0 Å². The normalized spacial score (nSPS) is 32.6. The summed E-state index contributed by atoms with van der Waals surface area (Å²) in [6, 6.07) is 0.0298. The van der Waals surface area contributed by atoms with Crippen LogP contribution in [0.25, 0.3) is 0 Å². The van der Waals surface area contributed by atoms with Gasteiger partial charge in [0, 0.05) is 13.1 Å². The van der Waals surface area contributed by atoms with Crippen LogP contribution >= 0.6 is 0 Å². The predicted molar refractivity (Wildman–Crippen MR) is 75.9 cm³/mol. The van der Waals surface area contributed by atoms with E-state index in [1.807, 2.05) is 4.90 Å². The number of rotatable bonds is 5. The van der Waals surface area contributed by atoms with Crippen molar-refractivity contribution in [3.8, 4) is 0 Å². The molecule has 19 heavy (non-hydrogen) atoms. The molecule has 0 aromatic heterocycles. The Morgan fingerprint density at radius 2 is 2.16 bits per heavy atom. The molecule has 3 atom stereocenters. The lowest BCUT2D eigenvalue weighted by Gasteiger charge is -2.36. The second kappa shape index (κ2) is 7.25. The first kappa shape index (κ1) is 14.8. The average Bonchev–Trinajstić information content (AvgIpc) is 2.40. The first-order valence-electron chi connectivity index (χ1n) is 7.91. The quantitative estimate of drug-likeness (QED) is 0.795. The molecule has 0 aromatic rings. The molecular weight excluding hydrogens is 240 g/mol. The first-order chi connectivity index (χ1) is 9.20. The Morgan fingerprint density at radius 3 is 2.89 bits per heavy atom. The van der Waals surface area contributed by atoms with E-state index in [-0.39, 0.29) is 18.1 Å². The van der Waals surface area contributed by atoms with Crippen molar-refractivity contribution in [3.63, 3.8) is 0 Å². The minimum atomic E-state index is -0.146. The number of hydrogen-bond donors (Lipinski definition) is 2. The molecule has 110 valence electrons. The molecule has 2 aliphatic rings. The third-order valence-corrected chi connectivity index (χ3v) is 4.41. The Balaban J connectivity index is 1.83. The summed E-state index contributed by atoms with van der Waals surface area (Å²) >= 11 is 0. The SMILES string of the molecule is CCCNC1CCCN(CC2CCCC(O)C2)C1=O. The van der Waals surface area contributed by atoms with Gasteiger partial charge in [-0.3, -0.25) is 4.79 Å². The number of hydrogen-bond acceptors (Lipinski definition) is 3. The molecule has 2 fully saturated rings. The van der Waals surface area contributed by atoms with Crippen LogP contribution in [0.4, 0.5) is 0 Å². The maximum absolute atomic E-state index is 12.4. The molecule has 4 heteroatoms. The molecule has 2 N–H and O–H groups in total. The number of nitrogens with one attached hydrogen (secondary N) is 1. The van der Waals surface area contributed by atoms with Gasteiger partial charge in [0.15, 0.2) is 0 Å². The Morgan fingerprint density at radius 1 is 1.32 bits per heavy atom.